The molecule has 1 rings (SSSR count). The molecule has 0 aliphatic rings. The van der Waals surface area contributed by atoms with Gasteiger partial charge in [0.05, 0.1) is 17.9 Å². The molecule has 122 valence electrons. The van der Waals surface area contributed by atoms with Gasteiger partial charge in [-0.05, 0) is 34.5 Å². The molecule has 1 heterocycles. The van der Waals surface area contributed by atoms with Crippen molar-refractivity contribution in [1.29, 1.82) is 0 Å². The highest BCUT2D eigenvalue weighted by molar-refractivity contribution is 7.89. The molecular weight excluding hydrogens is 290 g/mol. The quantitative estimate of drug-likeness (QED) is 0.667. The van der Waals surface area contributed by atoms with E-state index in [1.165, 1.54) is 0 Å². The Morgan fingerprint density at radius 1 is 1.29 bits per heavy atom. The molecule has 0 amide bonds. The lowest BCUT2D eigenvalue weighted by Crippen LogP contribution is -2.33. The van der Waals surface area contributed by atoms with Crippen LogP contribution in [-0.4, -0.2) is 63.4 Å². The minimum Gasteiger partial charge on any atom is -0.318 e. The smallest absolute Gasteiger partial charge is 0.244 e. The van der Waals surface area contributed by atoms with E-state index >= 15 is 0 Å². The summed E-state index contributed by atoms with van der Waals surface area (Å²) >= 11 is 0. The lowest BCUT2D eigenvalue weighted by atomic mass is 10.4. The Balaban J connectivity index is 2.85. The maximum atomic E-state index is 12.4. The lowest BCUT2D eigenvalue weighted by Gasteiger charge is -2.14. The Kier molecular flexibility index (Phi) is 6.79. The zero-order valence-electron chi connectivity index (χ0n) is 13.6. The predicted octanol–water partition coefficient (Wildman–Crippen LogP) is -0.0507. The maximum Gasteiger partial charge on any atom is 0.244 e. The summed E-state index contributed by atoms with van der Waals surface area (Å²) in [7, 11) is 0.305. The lowest BCUT2D eigenvalue weighted by molar-refractivity contribution is 0.358. The third kappa shape index (κ3) is 4.77. The van der Waals surface area contributed by atoms with Crippen molar-refractivity contribution in [3.8, 4) is 0 Å². The number of nitrogens with zero attached hydrogens (tertiary/aromatic N) is 3. The van der Waals surface area contributed by atoms with E-state index in [4.69, 9.17) is 0 Å². The highest BCUT2D eigenvalue weighted by Crippen LogP contribution is 2.18. The number of sulfonamides is 1. The van der Waals surface area contributed by atoms with Crippen LogP contribution in [-0.2, 0) is 16.6 Å². The number of nitrogens with one attached hydrogen (secondary N) is 2. The van der Waals surface area contributed by atoms with E-state index in [2.05, 4.69) is 20.0 Å². The van der Waals surface area contributed by atoms with E-state index < -0.39 is 10.0 Å². The minimum absolute atomic E-state index is 0.303. The van der Waals surface area contributed by atoms with Crippen LogP contribution in [0.5, 0.6) is 0 Å². The van der Waals surface area contributed by atoms with Gasteiger partial charge in [-0.2, -0.15) is 5.10 Å². The van der Waals surface area contributed by atoms with Crippen LogP contribution in [0.3, 0.4) is 0 Å². The van der Waals surface area contributed by atoms with Crippen LogP contribution in [0.2, 0.25) is 0 Å². The van der Waals surface area contributed by atoms with Crippen molar-refractivity contribution < 1.29 is 8.42 Å². The molecule has 0 aliphatic heterocycles. The van der Waals surface area contributed by atoms with Crippen LogP contribution in [0.1, 0.15) is 18.3 Å². The molecule has 0 radical (unpaired) electrons. The Labute approximate surface area is 127 Å². The number of likely N-dealkylation sites (N-methyl/N-ethyl adjacent to an activating group) is 2. The van der Waals surface area contributed by atoms with Crippen LogP contribution in [0.4, 0.5) is 0 Å². The molecule has 0 atom stereocenters. The zero-order chi connectivity index (χ0) is 16.0. The Morgan fingerprint density at radius 3 is 2.52 bits per heavy atom. The fourth-order valence-corrected chi connectivity index (χ4v) is 3.53. The van der Waals surface area contributed by atoms with Gasteiger partial charge in [-0.25, -0.2) is 13.1 Å². The first-order valence-electron chi connectivity index (χ1n) is 7.20. The van der Waals surface area contributed by atoms with Crippen molar-refractivity contribution in [3.05, 3.63) is 11.4 Å². The average Bonchev–Trinajstić information content (AvgIpc) is 2.71. The normalized spacial score (nSPS) is 12.3. The van der Waals surface area contributed by atoms with E-state index in [9.17, 15) is 8.42 Å². The molecule has 1 aromatic rings. The summed E-state index contributed by atoms with van der Waals surface area (Å²) in [5.74, 6) is 0. The highest BCUT2D eigenvalue weighted by Gasteiger charge is 2.24. The second kappa shape index (κ2) is 7.88. The monoisotopic (exact) mass is 317 g/mol. The first kappa shape index (κ1) is 18.1. The third-order valence-electron chi connectivity index (χ3n) is 3.48. The summed E-state index contributed by atoms with van der Waals surface area (Å²) < 4.78 is 29.3. The van der Waals surface area contributed by atoms with Gasteiger partial charge in [-0.15, -0.1) is 0 Å². The first-order valence-corrected chi connectivity index (χ1v) is 8.68. The number of aromatic nitrogens is 2. The van der Waals surface area contributed by atoms with Crippen molar-refractivity contribution in [2.45, 2.75) is 32.2 Å². The molecule has 0 aliphatic carbocycles. The van der Waals surface area contributed by atoms with Crippen LogP contribution in [0.25, 0.3) is 0 Å². The van der Waals surface area contributed by atoms with E-state index in [0.29, 0.717) is 35.9 Å². The Morgan fingerprint density at radius 2 is 1.95 bits per heavy atom. The minimum atomic E-state index is -3.51. The molecule has 0 saturated carbocycles. The van der Waals surface area contributed by atoms with Gasteiger partial charge in [0.2, 0.25) is 10.0 Å². The summed E-state index contributed by atoms with van der Waals surface area (Å²) in [5.41, 5.74) is 1.22. The topological polar surface area (TPSA) is 79.3 Å². The van der Waals surface area contributed by atoms with Crippen molar-refractivity contribution in [2.75, 3.05) is 40.3 Å². The van der Waals surface area contributed by atoms with E-state index in [1.54, 1.807) is 18.5 Å². The second-order valence-corrected chi connectivity index (χ2v) is 6.82. The van der Waals surface area contributed by atoms with Crippen molar-refractivity contribution in [1.82, 2.24) is 24.7 Å². The second-order valence-electron chi connectivity index (χ2n) is 5.12. The Bertz CT molecular complexity index is 553. The zero-order valence-corrected chi connectivity index (χ0v) is 14.4. The van der Waals surface area contributed by atoms with Gasteiger partial charge in [0.25, 0.3) is 0 Å². The summed E-state index contributed by atoms with van der Waals surface area (Å²) in [6, 6.07) is 0. The molecule has 0 spiro atoms. The maximum absolute atomic E-state index is 12.4. The van der Waals surface area contributed by atoms with Gasteiger partial charge in [0.1, 0.15) is 4.90 Å². The predicted molar refractivity (Wildman–Crippen MR) is 84.0 cm³/mol. The highest BCUT2D eigenvalue weighted by atomic mass is 32.2. The van der Waals surface area contributed by atoms with Crippen molar-refractivity contribution >= 4 is 10.0 Å². The van der Waals surface area contributed by atoms with E-state index in [-0.39, 0.29) is 0 Å². The fraction of sp³-hybridized carbons (Fsp3) is 0.769. The number of aryl methyl sites for hydroxylation is 1. The SMILES string of the molecule is CCN(C)CCNS(=O)(=O)c1c(C)nn(CCNC)c1C. The molecule has 0 fully saturated rings. The molecule has 0 unspecified atom stereocenters. The molecule has 0 bridgehead atoms. The van der Waals surface area contributed by atoms with Gasteiger partial charge >= 0.3 is 0 Å². The van der Waals surface area contributed by atoms with Crippen LogP contribution in [0, 0.1) is 13.8 Å². The van der Waals surface area contributed by atoms with Gasteiger partial charge in [0.15, 0.2) is 0 Å². The van der Waals surface area contributed by atoms with Gasteiger partial charge < -0.3 is 10.2 Å². The van der Waals surface area contributed by atoms with Crippen molar-refractivity contribution in [2.24, 2.45) is 0 Å². The van der Waals surface area contributed by atoms with Crippen LogP contribution < -0.4 is 10.0 Å². The van der Waals surface area contributed by atoms with E-state index in [1.807, 2.05) is 21.0 Å². The average molecular weight is 317 g/mol. The summed E-state index contributed by atoms with van der Waals surface area (Å²) in [6.07, 6.45) is 0. The van der Waals surface area contributed by atoms with Crippen LogP contribution >= 0.6 is 0 Å². The molecular formula is C13H27N5O2S. The third-order valence-corrected chi connectivity index (χ3v) is 5.20. The number of rotatable bonds is 9. The van der Waals surface area contributed by atoms with E-state index in [0.717, 1.165) is 13.1 Å². The molecule has 2 N–H and O–H groups in total. The van der Waals surface area contributed by atoms with Gasteiger partial charge in [-0.1, -0.05) is 6.92 Å². The van der Waals surface area contributed by atoms with Gasteiger partial charge in [-0.3, -0.25) is 4.68 Å². The van der Waals surface area contributed by atoms with Crippen LogP contribution in [0.15, 0.2) is 4.90 Å². The fourth-order valence-electron chi connectivity index (χ4n) is 2.11. The molecule has 0 aromatic carbocycles. The number of hydrogen-bond acceptors (Lipinski definition) is 5. The number of hydrogen-bond donors (Lipinski definition) is 2. The van der Waals surface area contributed by atoms with Gasteiger partial charge in [0, 0.05) is 19.6 Å². The Hall–Kier alpha value is -0.960. The summed E-state index contributed by atoms with van der Waals surface area (Å²) in [4.78, 5) is 2.36. The largest absolute Gasteiger partial charge is 0.318 e. The molecule has 8 heteroatoms. The summed E-state index contributed by atoms with van der Waals surface area (Å²) in [5, 5.41) is 7.35. The summed E-state index contributed by atoms with van der Waals surface area (Å²) in [6.45, 7) is 8.93. The standard InChI is InChI=1S/C13H27N5O2S/c1-6-17(5)9-8-15-21(19,20)13-11(2)16-18(12(13)3)10-7-14-4/h14-15H,6-10H2,1-5H3. The molecule has 21 heavy (non-hydrogen) atoms. The first-order chi connectivity index (χ1) is 9.83. The molecule has 7 nitrogen and oxygen atoms in total. The molecule has 1 aromatic heterocycles. The molecule has 0 saturated heterocycles. The van der Waals surface area contributed by atoms with Crippen molar-refractivity contribution in [3.63, 3.8) is 0 Å².